The zero-order chi connectivity index (χ0) is 13.2. The Hall–Kier alpha value is -1.32. The van der Waals surface area contributed by atoms with Crippen LogP contribution in [0.4, 0.5) is 0 Å². The van der Waals surface area contributed by atoms with Crippen LogP contribution >= 0.6 is 0 Å². The van der Waals surface area contributed by atoms with Gasteiger partial charge in [-0.3, -0.25) is 4.90 Å². The average Bonchev–Trinajstić information content (AvgIpc) is 2.78. The summed E-state index contributed by atoms with van der Waals surface area (Å²) >= 11 is 0. The van der Waals surface area contributed by atoms with Gasteiger partial charge in [-0.05, 0) is 25.0 Å². The topological polar surface area (TPSA) is 31.1 Å². The lowest BCUT2D eigenvalue weighted by Crippen LogP contribution is -2.45. The minimum Gasteiger partial charge on any atom is -0.358 e. The van der Waals surface area contributed by atoms with E-state index >= 15 is 0 Å². The van der Waals surface area contributed by atoms with E-state index in [9.17, 15) is 0 Å². The molecule has 3 heteroatoms. The fraction of sp³-hybridized carbons (Fsp3) is 0.500. The van der Waals surface area contributed by atoms with Crippen molar-refractivity contribution in [2.24, 2.45) is 0 Å². The normalized spacial score (nSPS) is 18.8. The van der Waals surface area contributed by atoms with Crippen molar-refractivity contribution in [2.75, 3.05) is 26.2 Å². The molecule has 0 aliphatic carbocycles. The first-order valence-electron chi connectivity index (χ1n) is 7.33. The van der Waals surface area contributed by atoms with Crippen molar-refractivity contribution < 1.29 is 0 Å². The Labute approximate surface area is 115 Å². The average molecular weight is 257 g/mol. The van der Waals surface area contributed by atoms with Crippen LogP contribution < -0.4 is 5.32 Å². The summed E-state index contributed by atoms with van der Waals surface area (Å²) in [6.07, 6.45) is 1.17. The first-order valence-corrected chi connectivity index (χ1v) is 7.33. The fourth-order valence-corrected chi connectivity index (χ4v) is 3.37. The van der Waals surface area contributed by atoms with E-state index in [1.807, 2.05) is 0 Å². The van der Waals surface area contributed by atoms with Crippen molar-refractivity contribution in [1.82, 2.24) is 15.2 Å². The van der Waals surface area contributed by atoms with Gasteiger partial charge in [-0.25, -0.2) is 0 Å². The number of aromatic nitrogens is 1. The van der Waals surface area contributed by atoms with Gasteiger partial charge in [-0.1, -0.05) is 25.1 Å². The molecule has 2 heterocycles. The minimum absolute atomic E-state index is 0.540. The molecule has 1 fully saturated rings. The summed E-state index contributed by atoms with van der Waals surface area (Å²) in [7, 11) is 0. The van der Waals surface area contributed by atoms with E-state index in [0.717, 1.165) is 26.2 Å². The van der Waals surface area contributed by atoms with Gasteiger partial charge in [0.2, 0.25) is 0 Å². The molecule has 1 aromatic carbocycles. The second-order valence-electron chi connectivity index (χ2n) is 5.42. The number of fused-ring (bicyclic) bond motifs is 1. The zero-order valence-corrected chi connectivity index (χ0v) is 11.9. The van der Waals surface area contributed by atoms with Crippen molar-refractivity contribution in [3.05, 3.63) is 35.5 Å². The highest BCUT2D eigenvalue weighted by Gasteiger charge is 2.24. The van der Waals surface area contributed by atoms with Gasteiger partial charge in [0.15, 0.2) is 0 Å². The number of rotatable bonds is 3. The number of hydrogen-bond donors (Lipinski definition) is 2. The number of nitrogens with one attached hydrogen (secondary N) is 2. The Balaban J connectivity index is 2.02. The Morgan fingerprint density at radius 2 is 1.95 bits per heavy atom. The lowest BCUT2D eigenvalue weighted by Gasteiger charge is -2.35. The largest absolute Gasteiger partial charge is 0.358 e. The summed E-state index contributed by atoms with van der Waals surface area (Å²) < 4.78 is 0. The first-order chi connectivity index (χ1) is 9.31. The smallest absolute Gasteiger partial charge is 0.0459 e. The number of piperazine rings is 1. The quantitative estimate of drug-likeness (QED) is 0.886. The predicted octanol–water partition coefficient (Wildman–Crippen LogP) is 2.83. The minimum atomic E-state index is 0.540. The van der Waals surface area contributed by atoms with Crippen LogP contribution in [0, 0.1) is 6.92 Å². The Morgan fingerprint density at radius 3 is 2.68 bits per heavy atom. The van der Waals surface area contributed by atoms with Crippen LogP contribution in [-0.4, -0.2) is 36.1 Å². The Morgan fingerprint density at radius 1 is 1.21 bits per heavy atom. The summed E-state index contributed by atoms with van der Waals surface area (Å²) in [6, 6.07) is 9.21. The van der Waals surface area contributed by atoms with Crippen molar-refractivity contribution in [3.8, 4) is 0 Å². The van der Waals surface area contributed by atoms with E-state index in [-0.39, 0.29) is 0 Å². The van der Waals surface area contributed by atoms with E-state index in [0.29, 0.717) is 6.04 Å². The highest BCUT2D eigenvalue weighted by atomic mass is 15.2. The predicted molar refractivity (Wildman–Crippen MR) is 80.5 cm³/mol. The Bertz CT molecular complexity index is 552. The summed E-state index contributed by atoms with van der Waals surface area (Å²) in [5.74, 6) is 0. The fourth-order valence-electron chi connectivity index (χ4n) is 3.37. The van der Waals surface area contributed by atoms with E-state index in [4.69, 9.17) is 0 Å². The van der Waals surface area contributed by atoms with Gasteiger partial charge in [0.05, 0.1) is 0 Å². The monoisotopic (exact) mass is 257 g/mol. The molecule has 1 aliphatic rings. The molecule has 0 unspecified atom stereocenters. The third-order valence-corrected chi connectivity index (χ3v) is 4.26. The van der Waals surface area contributed by atoms with Crippen LogP contribution in [0.5, 0.6) is 0 Å². The molecule has 1 aromatic heterocycles. The van der Waals surface area contributed by atoms with Gasteiger partial charge in [0.1, 0.15) is 0 Å². The van der Waals surface area contributed by atoms with Crippen molar-refractivity contribution in [1.29, 1.82) is 0 Å². The van der Waals surface area contributed by atoms with Crippen LogP contribution in [0.2, 0.25) is 0 Å². The second-order valence-corrected chi connectivity index (χ2v) is 5.42. The van der Waals surface area contributed by atoms with Crippen LogP contribution in [0.25, 0.3) is 10.9 Å². The van der Waals surface area contributed by atoms with Gasteiger partial charge in [0.25, 0.3) is 0 Å². The number of aromatic amines is 1. The number of H-pyrrole nitrogens is 1. The number of hydrogen-bond acceptors (Lipinski definition) is 2. The number of benzene rings is 1. The molecule has 1 aliphatic heterocycles. The van der Waals surface area contributed by atoms with Crippen molar-refractivity contribution >= 4 is 10.9 Å². The number of nitrogens with zero attached hydrogens (tertiary/aromatic N) is 1. The Kier molecular flexibility index (Phi) is 3.58. The van der Waals surface area contributed by atoms with Gasteiger partial charge in [-0.2, -0.15) is 0 Å². The molecule has 3 rings (SSSR count). The summed E-state index contributed by atoms with van der Waals surface area (Å²) in [5.41, 5.74) is 4.09. The van der Waals surface area contributed by atoms with Crippen molar-refractivity contribution in [2.45, 2.75) is 26.3 Å². The lowest BCUT2D eigenvalue weighted by atomic mass is 9.98. The molecule has 0 bridgehead atoms. The van der Waals surface area contributed by atoms with Gasteiger partial charge in [-0.15, -0.1) is 0 Å². The molecule has 1 saturated heterocycles. The van der Waals surface area contributed by atoms with E-state index in [2.05, 4.69) is 53.3 Å². The standard InChI is InChI=1S/C16H23N3/c1-3-15(19-10-8-17-9-11-19)16-12(2)18-14-7-5-4-6-13(14)16/h4-7,15,17-18H,3,8-11H2,1-2H3/t15-/m0/s1. The SMILES string of the molecule is CC[C@@H](c1c(C)[nH]c2ccccc12)N1CCNCC1. The summed E-state index contributed by atoms with van der Waals surface area (Å²) in [4.78, 5) is 6.16. The first kappa shape index (κ1) is 12.7. The molecule has 0 spiro atoms. The summed E-state index contributed by atoms with van der Waals surface area (Å²) in [5, 5.41) is 4.84. The van der Waals surface area contributed by atoms with Gasteiger partial charge >= 0.3 is 0 Å². The van der Waals surface area contributed by atoms with E-state index in [1.165, 1.54) is 28.6 Å². The molecule has 19 heavy (non-hydrogen) atoms. The van der Waals surface area contributed by atoms with E-state index < -0.39 is 0 Å². The van der Waals surface area contributed by atoms with Crippen LogP contribution in [0.15, 0.2) is 24.3 Å². The molecule has 2 aromatic rings. The zero-order valence-electron chi connectivity index (χ0n) is 11.9. The molecule has 2 N–H and O–H groups in total. The molecular weight excluding hydrogens is 234 g/mol. The molecule has 0 amide bonds. The van der Waals surface area contributed by atoms with Crippen molar-refractivity contribution in [3.63, 3.8) is 0 Å². The third-order valence-electron chi connectivity index (χ3n) is 4.26. The molecular formula is C16H23N3. The van der Waals surface area contributed by atoms with Crippen LogP contribution in [0.3, 0.4) is 0 Å². The molecule has 0 saturated carbocycles. The molecule has 102 valence electrons. The molecule has 3 nitrogen and oxygen atoms in total. The third kappa shape index (κ3) is 2.28. The van der Waals surface area contributed by atoms with E-state index in [1.54, 1.807) is 0 Å². The summed E-state index contributed by atoms with van der Waals surface area (Å²) in [6.45, 7) is 9.03. The maximum atomic E-state index is 3.54. The second kappa shape index (κ2) is 5.35. The molecule has 1 atom stereocenters. The number of para-hydroxylation sites is 1. The highest BCUT2D eigenvalue weighted by molar-refractivity contribution is 5.85. The van der Waals surface area contributed by atoms with Crippen LogP contribution in [-0.2, 0) is 0 Å². The van der Waals surface area contributed by atoms with Gasteiger partial charge < -0.3 is 10.3 Å². The van der Waals surface area contributed by atoms with Crippen LogP contribution in [0.1, 0.15) is 30.6 Å². The molecule has 0 radical (unpaired) electrons. The number of aryl methyl sites for hydroxylation is 1. The maximum absolute atomic E-state index is 3.54. The lowest BCUT2D eigenvalue weighted by molar-refractivity contribution is 0.170. The maximum Gasteiger partial charge on any atom is 0.0459 e. The highest BCUT2D eigenvalue weighted by Crippen LogP contribution is 2.33. The van der Waals surface area contributed by atoms with Gasteiger partial charge in [0, 0.05) is 48.8 Å².